The molecule has 1 aliphatic heterocycles. The van der Waals surface area contributed by atoms with Crippen LogP contribution in [-0.4, -0.2) is 19.0 Å². The lowest BCUT2D eigenvalue weighted by Gasteiger charge is -2.20. The first-order valence-corrected chi connectivity index (χ1v) is 5.34. The SMILES string of the molecule is Cc1ccc(C(N)=O)cc1N1CCCC1. The van der Waals surface area contributed by atoms with Gasteiger partial charge in [0.25, 0.3) is 0 Å². The average molecular weight is 204 g/mol. The van der Waals surface area contributed by atoms with Crippen molar-refractivity contribution in [2.24, 2.45) is 5.73 Å². The Balaban J connectivity index is 2.35. The van der Waals surface area contributed by atoms with E-state index in [9.17, 15) is 4.79 Å². The minimum atomic E-state index is -0.351. The maximum Gasteiger partial charge on any atom is 0.248 e. The largest absolute Gasteiger partial charge is 0.371 e. The van der Waals surface area contributed by atoms with Gasteiger partial charge in [-0.25, -0.2) is 0 Å². The highest BCUT2D eigenvalue weighted by molar-refractivity contribution is 5.94. The first-order valence-electron chi connectivity index (χ1n) is 5.34. The molecule has 1 amide bonds. The number of carbonyl (C=O) groups excluding carboxylic acids is 1. The van der Waals surface area contributed by atoms with Gasteiger partial charge in [-0.3, -0.25) is 4.79 Å². The number of benzene rings is 1. The number of rotatable bonds is 2. The number of aryl methyl sites for hydroxylation is 1. The van der Waals surface area contributed by atoms with E-state index in [0.29, 0.717) is 5.56 Å². The summed E-state index contributed by atoms with van der Waals surface area (Å²) in [5.41, 5.74) is 8.24. The van der Waals surface area contributed by atoms with Crippen molar-refractivity contribution in [3.8, 4) is 0 Å². The highest BCUT2D eigenvalue weighted by atomic mass is 16.1. The zero-order valence-corrected chi connectivity index (χ0v) is 8.99. The average Bonchev–Trinajstić information content (AvgIpc) is 2.71. The van der Waals surface area contributed by atoms with Crippen molar-refractivity contribution >= 4 is 11.6 Å². The number of hydrogen-bond donors (Lipinski definition) is 1. The van der Waals surface area contributed by atoms with Crippen LogP contribution in [0.5, 0.6) is 0 Å². The summed E-state index contributed by atoms with van der Waals surface area (Å²) in [6.07, 6.45) is 2.47. The lowest BCUT2D eigenvalue weighted by molar-refractivity contribution is 0.100. The molecular formula is C12H16N2O. The topological polar surface area (TPSA) is 46.3 Å². The molecule has 2 N–H and O–H groups in total. The van der Waals surface area contributed by atoms with Crippen LogP contribution >= 0.6 is 0 Å². The van der Waals surface area contributed by atoms with Crippen molar-refractivity contribution in [3.63, 3.8) is 0 Å². The third kappa shape index (κ3) is 1.96. The molecular weight excluding hydrogens is 188 g/mol. The number of nitrogens with zero attached hydrogens (tertiary/aromatic N) is 1. The summed E-state index contributed by atoms with van der Waals surface area (Å²) in [7, 11) is 0. The molecule has 0 spiro atoms. The Hall–Kier alpha value is -1.51. The van der Waals surface area contributed by atoms with E-state index in [-0.39, 0.29) is 5.91 Å². The fourth-order valence-corrected chi connectivity index (χ4v) is 2.06. The number of hydrogen-bond acceptors (Lipinski definition) is 2. The van der Waals surface area contributed by atoms with Gasteiger partial charge >= 0.3 is 0 Å². The van der Waals surface area contributed by atoms with Crippen molar-refractivity contribution in [1.29, 1.82) is 0 Å². The molecule has 0 bridgehead atoms. The molecule has 15 heavy (non-hydrogen) atoms. The summed E-state index contributed by atoms with van der Waals surface area (Å²) in [6, 6.07) is 5.66. The molecule has 1 aliphatic rings. The number of nitrogens with two attached hydrogens (primary N) is 1. The minimum Gasteiger partial charge on any atom is -0.371 e. The maximum absolute atomic E-state index is 11.1. The highest BCUT2D eigenvalue weighted by Gasteiger charge is 2.15. The molecule has 1 heterocycles. The molecule has 3 nitrogen and oxygen atoms in total. The Morgan fingerprint density at radius 3 is 2.60 bits per heavy atom. The van der Waals surface area contributed by atoms with Gasteiger partial charge in [-0.05, 0) is 37.5 Å². The van der Waals surface area contributed by atoms with E-state index in [2.05, 4.69) is 11.8 Å². The van der Waals surface area contributed by atoms with Crippen LogP contribution in [0.1, 0.15) is 28.8 Å². The van der Waals surface area contributed by atoms with Crippen LogP contribution < -0.4 is 10.6 Å². The number of carbonyl (C=O) groups is 1. The Kier molecular flexibility index (Phi) is 2.62. The van der Waals surface area contributed by atoms with Gasteiger partial charge in [0.15, 0.2) is 0 Å². The number of anilines is 1. The molecule has 0 atom stereocenters. The second kappa shape index (κ2) is 3.93. The van der Waals surface area contributed by atoms with Crippen LogP contribution in [-0.2, 0) is 0 Å². The Labute approximate surface area is 89.9 Å². The van der Waals surface area contributed by atoms with E-state index in [1.54, 1.807) is 6.07 Å². The standard InChI is InChI=1S/C12H16N2O/c1-9-4-5-10(12(13)15)8-11(9)14-6-2-3-7-14/h4-5,8H,2-3,6-7H2,1H3,(H2,13,15). The molecule has 2 rings (SSSR count). The van der Waals surface area contributed by atoms with E-state index >= 15 is 0 Å². The third-order valence-electron chi connectivity index (χ3n) is 2.94. The summed E-state index contributed by atoms with van der Waals surface area (Å²) in [5.74, 6) is -0.351. The molecule has 1 aromatic carbocycles. The van der Waals surface area contributed by atoms with Gasteiger partial charge in [-0.15, -0.1) is 0 Å². The molecule has 1 aromatic rings. The second-order valence-corrected chi connectivity index (χ2v) is 4.06. The third-order valence-corrected chi connectivity index (χ3v) is 2.94. The van der Waals surface area contributed by atoms with Gasteiger partial charge < -0.3 is 10.6 Å². The maximum atomic E-state index is 11.1. The second-order valence-electron chi connectivity index (χ2n) is 4.06. The summed E-state index contributed by atoms with van der Waals surface area (Å²) in [5, 5.41) is 0. The summed E-state index contributed by atoms with van der Waals surface area (Å²) >= 11 is 0. The minimum absolute atomic E-state index is 0.351. The smallest absolute Gasteiger partial charge is 0.248 e. The van der Waals surface area contributed by atoms with E-state index in [1.807, 2.05) is 12.1 Å². The predicted octanol–water partition coefficient (Wildman–Crippen LogP) is 1.69. The van der Waals surface area contributed by atoms with Crippen LogP contribution in [0.2, 0.25) is 0 Å². The van der Waals surface area contributed by atoms with Gasteiger partial charge in [0.05, 0.1) is 0 Å². The first-order chi connectivity index (χ1) is 7.18. The molecule has 0 aliphatic carbocycles. The molecule has 0 unspecified atom stereocenters. The zero-order chi connectivity index (χ0) is 10.8. The summed E-state index contributed by atoms with van der Waals surface area (Å²) in [4.78, 5) is 13.4. The molecule has 80 valence electrons. The van der Waals surface area contributed by atoms with Crippen LogP contribution in [0.3, 0.4) is 0 Å². The molecule has 1 fully saturated rings. The van der Waals surface area contributed by atoms with Crippen LogP contribution in [0.25, 0.3) is 0 Å². The van der Waals surface area contributed by atoms with E-state index in [4.69, 9.17) is 5.73 Å². The highest BCUT2D eigenvalue weighted by Crippen LogP contribution is 2.25. The normalized spacial score (nSPS) is 15.7. The molecule has 0 aromatic heterocycles. The molecule has 1 saturated heterocycles. The van der Waals surface area contributed by atoms with Crippen molar-refractivity contribution in [1.82, 2.24) is 0 Å². The molecule has 3 heteroatoms. The van der Waals surface area contributed by atoms with Crippen molar-refractivity contribution in [3.05, 3.63) is 29.3 Å². The lowest BCUT2D eigenvalue weighted by Crippen LogP contribution is -2.20. The van der Waals surface area contributed by atoms with Crippen LogP contribution in [0, 0.1) is 6.92 Å². The lowest BCUT2D eigenvalue weighted by atomic mass is 10.1. The van der Waals surface area contributed by atoms with Crippen molar-refractivity contribution < 1.29 is 4.79 Å². The van der Waals surface area contributed by atoms with E-state index < -0.39 is 0 Å². The van der Waals surface area contributed by atoms with Crippen molar-refractivity contribution in [2.45, 2.75) is 19.8 Å². The fraction of sp³-hybridized carbons (Fsp3) is 0.417. The zero-order valence-electron chi connectivity index (χ0n) is 8.99. The van der Waals surface area contributed by atoms with Gasteiger partial charge in [-0.2, -0.15) is 0 Å². The van der Waals surface area contributed by atoms with Crippen molar-refractivity contribution in [2.75, 3.05) is 18.0 Å². The van der Waals surface area contributed by atoms with Gasteiger partial charge in [0.1, 0.15) is 0 Å². The molecule has 0 radical (unpaired) electrons. The Morgan fingerprint density at radius 1 is 1.33 bits per heavy atom. The van der Waals surface area contributed by atoms with Crippen LogP contribution in [0.15, 0.2) is 18.2 Å². The number of amides is 1. The predicted molar refractivity (Wildman–Crippen MR) is 61.1 cm³/mol. The summed E-state index contributed by atoms with van der Waals surface area (Å²) in [6.45, 7) is 4.24. The van der Waals surface area contributed by atoms with Crippen LogP contribution in [0.4, 0.5) is 5.69 Å². The van der Waals surface area contributed by atoms with Gasteiger partial charge in [0.2, 0.25) is 5.91 Å². The quantitative estimate of drug-likeness (QED) is 0.797. The summed E-state index contributed by atoms with van der Waals surface area (Å²) < 4.78 is 0. The van der Waals surface area contributed by atoms with Gasteiger partial charge in [-0.1, -0.05) is 6.07 Å². The van der Waals surface area contributed by atoms with Gasteiger partial charge in [0, 0.05) is 24.3 Å². The fourth-order valence-electron chi connectivity index (χ4n) is 2.06. The molecule has 0 saturated carbocycles. The monoisotopic (exact) mass is 204 g/mol. The Morgan fingerprint density at radius 2 is 2.00 bits per heavy atom. The van der Waals surface area contributed by atoms with E-state index in [1.165, 1.54) is 18.4 Å². The number of primary amides is 1. The first kappa shape index (κ1) is 10.0. The Bertz CT molecular complexity index is 381. The van der Waals surface area contributed by atoms with E-state index in [0.717, 1.165) is 18.8 Å².